The second kappa shape index (κ2) is 39.7. The molecule has 0 fully saturated rings. The number of aliphatic hydroxyl groups is 1. The third-order valence-corrected chi connectivity index (χ3v) is 12.0. The summed E-state index contributed by atoms with van der Waals surface area (Å²) in [5, 5.41) is 13.8. The van der Waals surface area contributed by atoms with E-state index in [0.717, 1.165) is 38.5 Å². The molecule has 0 rings (SSSR count). The zero-order valence-corrected chi connectivity index (χ0v) is 38.8. The summed E-state index contributed by atoms with van der Waals surface area (Å²) in [4.78, 5) is 23.1. The highest BCUT2D eigenvalue weighted by atomic mass is 31.2. The number of nitrogens with zero attached hydrogens (tertiary/aromatic N) is 1. The topological polar surface area (TPSA) is 105 Å². The van der Waals surface area contributed by atoms with Crippen LogP contribution >= 0.6 is 7.82 Å². The van der Waals surface area contributed by atoms with Gasteiger partial charge in [-0.15, -0.1) is 0 Å². The minimum atomic E-state index is -4.33. The fraction of sp³-hybridized carbons (Fsp3) is 0.936. The number of hydrogen-bond donors (Lipinski definition) is 3. The first-order chi connectivity index (χ1) is 27.0. The van der Waals surface area contributed by atoms with Gasteiger partial charge in [-0.05, 0) is 19.3 Å². The number of amides is 1. The highest BCUT2D eigenvalue weighted by Gasteiger charge is 2.27. The van der Waals surface area contributed by atoms with Crippen LogP contribution in [0.5, 0.6) is 0 Å². The van der Waals surface area contributed by atoms with Crippen molar-refractivity contribution in [2.24, 2.45) is 0 Å². The molecule has 0 heterocycles. The van der Waals surface area contributed by atoms with Crippen LogP contribution in [-0.4, -0.2) is 73.4 Å². The van der Waals surface area contributed by atoms with E-state index in [1.165, 1.54) is 173 Å². The van der Waals surface area contributed by atoms with Gasteiger partial charge < -0.3 is 19.8 Å². The van der Waals surface area contributed by atoms with E-state index < -0.39 is 20.0 Å². The van der Waals surface area contributed by atoms with E-state index >= 15 is 0 Å². The minimum absolute atomic E-state index is 0.0647. The van der Waals surface area contributed by atoms with Crippen LogP contribution in [-0.2, 0) is 18.4 Å². The van der Waals surface area contributed by atoms with Gasteiger partial charge in [0, 0.05) is 6.42 Å². The minimum Gasteiger partial charge on any atom is -0.387 e. The van der Waals surface area contributed by atoms with Gasteiger partial charge in [0.15, 0.2) is 0 Å². The second-order valence-electron chi connectivity index (χ2n) is 17.8. The predicted octanol–water partition coefficient (Wildman–Crippen LogP) is 13.5. The third kappa shape index (κ3) is 41.4. The molecule has 9 heteroatoms. The van der Waals surface area contributed by atoms with Gasteiger partial charge in [-0.2, -0.15) is 0 Å². The van der Waals surface area contributed by atoms with E-state index in [2.05, 4.69) is 19.2 Å². The first-order valence-corrected chi connectivity index (χ1v) is 25.6. The number of quaternary nitrogens is 1. The van der Waals surface area contributed by atoms with Crippen molar-refractivity contribution < 1.29 is 32.9 Å². The number of nitrogens with one attached hydrogen (secondary N) is 1. The van der Waals surface area contributed by atoms with E-state index in [0.29, 0.717) is 17.4 Å². The molecule has 0 bridgehead atoms. The Balaban J connectivity index is 4.26. The van der Waals surface area contributed by atoms with Gasteiger partial charge in [-0.25, -0.2) is 4.57 Å². The average molecular weight is 816 g/mol. The maximum Gasteiger partial charge on any atom is 0.472 e. The standard InChI is InChI=1S/C47H95N2O6P/c1-6-8-10-12-14-16-18-20-21-22-23-24-25-26-27-29-31-33-35-37-39-41-47(51)48-45(44-55-56(52,53)54-43-42-49(3,4)5)46(50)40-38-36-34-32-30-28-19-17-15-13-11-9-7-2/h38,40,45-46,50H,6-37,39,41-44H2,1-5H3,(H-,48,51,52,53)/p+1/b40-38+/t45-,46-/m0/s1. The molecular formula is C47H96N2O6P+. The van der Waals surface area contributed by atoms with Crippen molar-refractivity contribution >= 4 is 13.7 Å². The van der Waals surface area contributed by atoms with Crippen LogP contribution in [0.2, 0.25) is 0 Å². The molecule has 0 aromatic heterocycles. The van der Waals surface area contributed by atoms with Gasteiger partial charge in [0.25, 0.3) is 0 Å². The van der Waals surface area contributed by atoms with E-state index in [9.17, 15) is 19.4 Å². The zero-order valence-electron chi connectivity index (χ0n) is 37.9. The number of hydrogen-bond acceptors (Lipinski definition) is 5. The first-order valence-electron chi connectivity index (χ1n) is 24.1. The van der Waals surface area contributed by atoms with Crippen LogP contribution in [0, 0.1) is 0 Å². The molecule has 0 aromatic rings. The maximum absolute atomic E-state index is 12.9. The fourth-order valence-corrected chi connectivity index (χ4v) is 7.90. The lowest BCUT2D eigenvalue weighted by molar-refractivity contribution is -0.870. The Morgan fingerprint density at radius 2 is 0.946 bits per heavy atom. The predicted molar refractivity (Wildman–Crippen MR) is 240 cm³/mol. The van der Waals surface area contributed by atoms with Crippen LogP contribution in [0.25, 0.3) is 0 Å². The number of phosphoric ester groups is 1. The zero-order chi connectivity index (χ0) is 41.4. The molecule has 3 N–H and O–H groups in total. The number of likely N-dealkylation sites (N-methyl/N-ethyl adjacent to an activating group) is 1. The van der Waals surface area contributed by atoms with Crippen molar-refractivity contribution in [2.45, 2.75) is 244 Å². The lowest BCUT2D eigenvalue weighted by atomic mass is 10.0. The summed E-state index contributed by atoms with van der Waals surface area (Å²) in [6.45, 7) is 4.83. The van der Waals surface area contributed by atoms with Crippen LogP contribution in [0.1, 0.15) is 232 Å². The van der Waals surface area contributed by atoms with Gasteiger partial charge in [0.05, 0.1) is 39.9 Å². The SMILES string of the molecule is CCCCCCCCCCCCC/C=C/[C@H](O)[C@H](COP(=O)(O)OCC[N+](C)(C)C)NC(=O)CCCCCCCCCCCCCCCCCCCCCCC. The molecule has 8 nitrogen and oxygen atoms in total. The maximum atomic E-state index is 12.9. The molecule has 0 aliphatic rings. The molecule has 0 aromatic carbocycles. The van der Waals surface area contributed by atoms with Gasteiger partial charge >= 0.3 is 7.82 Å². The third-order valence-electron chi connectivity index (χ3n) is 11.0. The Bertz CT molecular complexity index is 927. The number of carbonyl (C=O) groups excluding carboxylic acids is 1. The number of rotatable bonds is 44. The Hall–Kier alpha value is -0.760. The Kier molecular flexibility index (Phi) is 39.1. The summed E-state index contributed by atoms with van der Waals surface area (Å²) >= 11 is 0. The molecule has 0 radical (unpaired) electrons. The molecule has 56 heavy (non-hydrogen) atoms. The summed E-state index contributed by atoms with van der Waals surface area (Å²) in [7, 11) is 1.58. The van der Waals surface area contributed by atoms with Crippen molar-refractivity contribution in [3.05, 3.63) is 12.2 Å². The Morgan fingerprint density at radius 3 is 1.32 bits per heavy atom. The summed E-state index contributed by atoms with van der Waals surface area (Å²) < 4.78 is 23.6. The Morgan fingerprint density at radius 1 is 0.589 bits per heavy atom. The van der Waals surface area contributed by atoms with Crippen molar-refractivity contribution in [1.29, 1.82) is 0 Å². The molecule has 0 aliphatic heterocycles. The molecule has 0 saturated carbocycles. The first kappa shape index (κ1) is 55.2. The van der Waals surface area contributed by atoms with E-state index in [1.807, 2.05) is 27.2 Å². The molecular weight excluding hydrogens is 719 g/mol. The van der Waals surface area contributed by atoms with Crippen LogP contribution in [0.4, 0.5) is 0 Å². The molecule has 1 amide bonds. The van der Waals surface area contributed by atoms with Crippen molar-refractivity contribution in [2.75, 3.05) is 40.9 Å². The van der Waals surface area contributed by atoms with Gasteiger partial charge in [0.1, 0.15) is 13.2 Å². The monoisotopic (exact) mass is 816 g/mol. The smallest absolute Gasteiger partial charge is 0.387 e. The largest absolute Gasteiger partial charge is 0.472 e. The Labute approximate surface area is 348 Å². The van der Waals surface area contributed by atoms with Crippen LogP contribution < -0.4 is 5.32 Å². The molecule has 0 spiro atoms. The average Bonchev–Trinajstić information content (AvgIpc) is 3.15. The van der Waals surface area contributed by atoms with E-state index in [4.69, 9.17) is 9.05 Å². The number of aliphatic hydroxyl groups excluding tert-OH is 1. The highest BCUT2D eigenvalue weighted by molar-refractivity contribution is 7.47. The molecule has 0 aliphatic carbocycles. The summed E-state index contributed by atoms with van der Waals surface area (Å²) in [5.41, 5.74) is 0. The second-order valence-corrected chi connectivity index (χ2v) is 19.3. The molecule has 1 unspecified atom stereocenters. The van der Waals surface area contributed by atoms with Crippen molar-refractivity contribution in [1.82, 2.24) is 5.32 Å². The lowest BCUT2D eigenvalue weighted by Crippen LogP contribution is -2.45. The summed E-state index contributed by atoms with van der Waals surface area (Å²) in [5.74, 6) is -0.173. The quantitative estimate of drug-likeness (QED) is 0.0245. The number of phosphoric acid groups is 1. The lowest BCUT2D eigenvalue weighted by Gasteiger charge is -2.25. The summed E-state index contributed by atoms with van der Waals surface area (Å²) in [6, 6.07) is -0.839. The van der Waals surface area contributed by atoms with Crippen molar-refractivity contribution in [3.63, 3.8) is 0 Å². The van der Waals surface area contributed by atoms with Gasteiger partial charge in [0.2, 0.25) is 5.91 Å². The number of unbranched alkanes of at least 4 members (excludes halogenated alkanes) is 31. The fourth-order valence-electron chi connectivity index (χ4n) is 7.16. The number of carbonyl (C=O) groups is 1. The van der Waals surface area contributed by atoms with Gasteiger partial charge in [-0.1, -0.05) is 219 Å². The van der Waals surface area contributed by atoms with Crippen LogP contribution in [0.15, 0.2) is 12.2 Å². The molecule has 0 saturated heterocycles. The molecule has 3 atom stereocenters. The number of allylic oxidation sites excluding steroid dienone is 1. The normalized spacial score (nSPS) is 14.3. The summed E-state index contributed by atoms with van der Waals surface area (Å²) in [6.07, 6.45) is 45.7. The van der Waals surface area contributed by atoms with Gasteiger partial charge in [-0.3, -0.25) is 13.8 Å². The highest BCUT2D eigenvalue weighted by Crippen LogP contribution is 2.43. The van der Waals surface area contributed by atoms with E-state index in [-0.39, 0.29) is 19.1 Å². The molecule has 334 valence electrons. The van der Waals surface area contributed by atoms with Crippen molar-refractivity contribution in [3.8, 4) is 0 Å². The van der Waals surface area contributed by atoms with E-state index in [1.54, 1.807) is 6.08 Å². The van der Waals surface area contributed by atoms with Crippen LogP contribution in [0.3, 0.4) is 0 Å².